The average molecular weight is 186 g/mol. The van der Waals surface area contributed by atoms with Crippen molar-refractivity contribution in [3.8, 4) is 0 Å². The topological polar surface area (TPSA) is 66.6 Å². The molecule has 1 aliphatic rings. The molecule has 1 saturated heterocycles. The summed E-state index contributed by atoms with van der Waals surface area (Å²) in [5, 5.41) is 8.89. The van der Waals surface area contributed by atoms with Crippen molar-refractivity contribution in [2.75, 3.05) is 26.2 Å². The Labute approximate surface area is 78.7 Å². The van der Waals surface area contributed by atoms with Crippen LogP contribution in [0.2, 0.25) is 0 Å². The third-order valence-corrected chi connectivity index (χ3v) is 2.90. The van der Waals surface area contributed by atoms with Gasteiger partial charge < -0.3 is 15.7 Å². The van der Waals surface area contributed by atoms with Gasteiger partial charge in [-0.05, 0) is 25.4 Å². The molecule has 0 radical (unpaired) electrons. The first-order chi connectivity index (χ1) is 6.19. The fourth-order valence-electron chi connectivity index (χ4n) is 1.97. The van der Waals surface area contributed by atoms with E-state index in [-0.39, 0.29) is 18.4 Å². The van der Waals surface area contributed by atoms with E-state index < -0.39 is 5.97 Å². The zero-order valence-corrected chi connectivity index (χ0v) is 8.07. The number of rotatable bonds is 4. The normalized spacial score (nSPS) is 26.2. The van der Waals surface area contributed by atoms with Crippen molar-refractivity contribution in [1.82, 2.24) is 4.90 Å². The first-order valence-electron chi connectivity index (χ1n) is 4.84. The highest BCUT2D eigenvalue weighted by molar-refractivity contribution is 5.70. The van der Waals surface area contributed by atoms with Crippen molar-refractivity contribution in [2.45, 2.75) is 13.3 Å². The zero-order valence-electron chi connectivity index (χ0n) is 8.07. The fraction of sp³-hybridized carbons (Fsp3) is 0.889. The number of carboxylic acid groups (broad SMARTS) is 1. The van der Waals surface area contributed by atoms with Crippen LogP contribution in [0.5, 0.6) is 0 Å². The Kier molecular flexibility index (Phi) is 3.69. The fourth-order valence-corrected chi connectivity index (χ4v) is 1.97. The summed E-state index contributed by atoms with van der Waals surface area (Å²) in [4.78, 5) is 13.1. The molecule has 1 rings (SSSR count). The summed E-state index contributed by atoms with van der Waals surface area (Å²) in [5.41, 5.74) is 5.44. The first kappa shape index (κ1) is 10.5. The van der Waals surface area contributed by atoms with Crippen molar-refractivity contribution in [3.05, 3.63) is 0 Å². The molecule has 2 atom stereocenters. The maximum Gasteiger partial charge on any atom is 0.308 e. The van der Waals surface area contributed by atoms with E-state index in [1.165, 1.54) is 0 Å². The number of hydrogen-bond donors (Lipinski definition) is 2. The molecule has 0 aromatic heterocycles. The van der Waals surface area contributed by atoms with Crippen LogP contribution in [0.15, 0.2) is 0 Å². The zero-order chi connectivity index (χ0) is 9.84. The summed E-state index contributed by atoms with van der Waals surface area (Å²) in [7, 11) is 0. The van der Waals surface area contributed by atoms with E-state index >= 15 is 0 Å². The maximum atomic E-state index is 10.8. The summed E-state index contributed by atoms with van der Waals surface area (Å²) in [6, 6.07) is 0. The van der Waals surface area contributed by atoms with Gasteiger partial charge in [0.15, 0.2) is 0 Å². The number of hydrogen-bond acceptors (Lipinski definition) is 3. The Hall–Kier alpha value is -0.610. The van der Waals surface area contributed by atoms with Gasteiger partial charge in [-0.25, -0.2) is 0 Å². The highest BCUT2D eigenvalue weighted by Crippen LogP contribution is 2.23. The molecule has 1 fully saturated rings. The molecule has 0 bridgehead atoms. The molecule has 3 N–H and O–H groups in total. The lowest BCUT2D eigenvalue weighted by molar-refractivity contribution is -0.143. The van der Waals surface area contributed by atoms with Crippen molar-refractivity contribution in [2.24, 2.45) is 17.6 Å². The van der Waals surface area contributed by atoms with Crippen LogP contribution in [0.4, 0.5) is 0 Å². The van der Waals surface area contributed by atoms with Gasteiger partial charge in [-0.2, -0.15) is 0 Å². The standard InChI is InChI=1S/C9H18N2O2/c1-2-11-4-3-7(6-11)8(5-10)9(12)13/h7-8H,2-6,10H2,1H3,(H,12,13). The molecule has 13 heavy (non-hydrogen) atoms. The van der Waals surface area contributed by atoms with Gasteiger partial charge in [0.2, 0.25) is 0 Å². The molecular formula is C9H18N2O2. The van der Waals surface area contributed by atoms with Crippen molar-refractivity contribution in [1.29, 1.82) is 0 Å². The Morgan fingerprint density at radius 2 is 2.46 bits per heavy atom. The van der Waals surface area contributed by atoms with Gasteiger partial charge in [0.25, 0.3) is 0 Å². The Morgan fingerprint density at radius 1 is 1.77 bits per heavy atom. The van der Waals surface area contributed by atoms with E-state index in [0.29, 0.717) is 0 Å². The molecular weight excluding hydrogens is 168 g/mol. The van der Waals surface area contributed by atoms with Crippen LogP contribution < -0.4 is 5.73 Å². The van der Waals surface area contributed by atoms with Crippen molar-refractivity contribution < 1.29 is 9.90 Å². The minimum Gasteiger partial charge on any atom is -0.481 e. The summed E-state index contributed by atoms with van der Waals surface area (Å²) < 4.78 is 0. The average Bonchev–Trinajstić information content (AvgIpc) is 2.53. The molecule has 4 heteroatoms. The van der Waals surface area contributed by atoms with Gasteiger partial charge in [-0.1, -0.05) is 6.92 Å². The lowest BCUT2D eigenvalue weighted by atomic mass is 9.92. The summed E-state index contributed by atoms with van der Waals surface area (Å²) in [6.45, 7) is 5.28. The smallest absolute Gasteiger partial charge is 0.308 e. The van der Waals surface area contributed by atoms with E-state index in [1.54, 1.807) is 0 Å². The van der Waals surface area contributed by atoms with Gasteiger partial charge >= 0.3 is 5.97 Å². The second kappa shape index (κ2) is 4.58. The molecule has 2 unspecified atom stereocenters. The monoisotopic (exact) mass is 186 g/mol. The number of aliphatic carboxylic acids is 1. The highest BCUT2D eigenvalue weighted by atomic mass is 16.4. The van der Waals surface area contributed by atoms with E-state index in [1.807, 2.05) is 0 Å². The molecule has 76 valence electrons. The van der Waals surface area contributed by atoms with Crippen LogP contribution in [0.25, 0.3) is 0 Å². The van der Waals surface area contributed by atoms with Crippen LogP contribution >= 0.6 is 0 Å². The predicted molar refractivity (Wildman–Crippen MR) is 50.4 cm³/mol. The Morgan fingerprint density at radius 3 is 2.85 bits per heavy atom. The lowest BCUT2D eigenvalue weighted by Crippen LogP contribution is -2.32. The van der Waals surface area contributed by atoms with Gasteiger partial charge in [0.1, 0.15) is 0 Å². The van der Waals surface area contributed by atoms with E-state index in [4.69, 9.17) is 10.8 Å². The van der Waals surface area contributed by atoms with Gasteiger partial charge in [0, 0.05) is 13.1 Å². The maximum absolute atomic E-state index is 10.8. The van der Waals surface area contributed by atoms with Crippen molar-refractivity contribution >= 4 is 5.97 Å². The largest absolute Gasteiger partial charge is 0.481 e. The van der Waals surface area contributed by atoms with Crippen LogP contribution in [-0.2, 0) is 4.79 Å². The van der Waals surface area contributed by atoms with Gasteiger partial charge in [-0.15, -0.1) is 0 Å². The van der Waals surface area contributed by atoms with E-state index in [2.05, 4.69) is 11.8 Å². The second-order valence-electron chi connectivity index (χ2n) is 3.62. The Bertz CT molecular complexity index is 184. The first-order valence-corrected chi connectivity index (χ1v) is 4.84. The Balaban J connectivity index is 2.48. The molecule has 0 saturated carbocycles. The molecule has 4 nitrogen and oxygen atoms in total. The molecule has 0 amide bonds. The van der Waals surface area contributed by atoms with E-state index in [0.717, 1.165) is 26.1 Å². The SMILES string of the molecule is CCN1CCC(C(CN)C(=O)O)C1. The van der Waals surface area contributed by atoms with Crippen LogP contribution in [0, 0.1) is 11.8 Å². The van der Waals surface area contributed by atoms with Crippen molar-refractivity contribution in [3.63, 3.8) is 0 Å². The number of carbonyl (C=O) groups is 1. The molecule has 0 aliphatic carbocycles. The van der Waals surface area contributed by atoms with Gasteiger partial charge in [-0.3, -0.25) is 4.79 Å². The van der Waals surface area contributed by atoms with E-state index in [9.17, 15) is 4.79 Å². The number of likely N-dealkylation sites (tertiary alicyclic amines) is 1. The van der Waals surface area contributed by atoms with Crippen LogP contribution in [0.1, 0.15) is 13.3 Å². The summed E-state index contributed by atoms with van der Waals surface area (Å²) in [5.74, 6) is -0.843. The van der Waals surface area contributed by atoms with Gasteiger partial charge in [0.05, 0.1) is 5.92 Å². The molecule has 0 aromatic rings. The predicted octanol–water partition coefficient (Wildman–Crippen LogP) is -0.0123. The lowest BCUT2D eigenvalue weighted by Gasteiger charge is -2.18. The minimum atomic E-state index is -0.745. The number of nitrogens with two attached hydrogens (primary N) is 1. The molecule has 1 aliphatic heterocycles. The summed E-state index contributed by atoms with van der Waals surface area (Å²) in [6.07, 6.45) is 0.974. The second-order valence-corrected chi connectivity index (χ2v) is 3.62. The van der Waals surface area contributed by atoms with Crippen LogP contribution in [-0.4, -0.2) is 42.2 Å². The molecule has 1 heterocycles. The minimum absolute atomic E-state index is 0.252. The molecule has 0 spiro atoms. The number of carboxylic acids is 1. The third-order valence-electron chi connectivity index (χ3n) is 2.90. The quantitative estimate of drug-likeness (QED) is 0.648. The van der Waals surface area contributed by atoms with Crippen LogP contribution in [0.3, 0.4) is 0 Å². The summed E-state index contributed by atoms with van der Waals surface area (Å²) >= 11 is 0. The third kappa shape index (κ3) is 2.42. The number of nitrogens with zero attached hydrogens (tertiary/aromatic N) is 1. The molecule has 0 aromatic carbocycles. The highest BCUT2D eigenvalue weighted by Gasteiger charge is 2.32.